The summed E-state index contributed by atoms with van der Waals surface area (Å²) in [6.07, 6.45) is -3.77. The maximum atomic E-state index is 12.5. The maximum absolute atomic E-state index is 12.5. The van der Waals surface area contributed by atoms with E-state index in [4.69, 9.17) is 16.3 Å². The van der Waals surface area contributed by atoms with Gasteiger partial charge in [-0.15, -0.1) is 0 Å². The van der Waals surface area contributed by atoms with Gasteiger partial charge in [0.2, 0.25) is 5.88 Å². The Hall–Kier alpha value is -1.82. The van der Waals surface area contributed by atoms with Gasteiger partial charge in [-0.05, 0) is 19.1 Å². The van der Waals surface area contributed by atoms with E-state index >= 15 is 0 Å². The van der Waals surface area contributed by atoms with Crippen molar-refractivity contribution in [1.82, 2.24) is 9.97 Å². The summed E-state index contributed by atoms with van der Waals surface area (Å²) >= 11 is 5.77. The summed E-state index contributed by atoms with van der Waals surface area (Å²) in [5, 5.41) is 0.517. The molecule has 0 radical (unpaired) electrons. The Bertz CT molecular complexity index is 587. The van der Waals surface area contributed by atoms with E-state index in [9.17, 15) is 13.2 Å². The molecule has 0 unspecified atom stereocenters. The van der Waals surface area contributed by atoms with Crippen LogP contribution in [0.1, 0.15) is 6.92 Å². The molecule has 0 aliphatic rings. The van der Waals surface area contributed by atoms with Crippen LogP contribution >= 0.6 is 11.6 Å². The highest BCUT2D eigenvalue weighted by molar-refractivity contribution is 6.30. The van der Waals surface area contributed by atoms with Gasteiger partial charge in [0.25, 0.3) is 0 Å². The average molecular weight is 303 g/mol. The molecule has 0 amide bonds. The predicted molar refractivity (Wildman–Crippen MR) is 68.6 cm³/mol. The normalized spacial score (nSPS) is 13.1. The fourth-order valence-corrected chi connectivity index (χ4v) is 1.58. The predicted octanol–water partition coefficient (Wildman–Crippen LogP) is 4.13. The lowest BCUT2D eigenvalue weighted by atomic mass is 10.1. The first kappa shape index (κ1) is 14.6. The van der Waals surface area contributed by atoms with Gasteiger partial charge < -0.3 is 4.74 Å². The van der Waals surface area contributed by atoms with E-state index in [0.717, 1.165) is 6.92 Å². The number of benzene rings is 1. The van der Waals surface area contributed by atoms with Gasteiger partial charge in [0.05, 0.1) is 0 Å². The number of hydrogen-bond acceptors (Lipinski definition) is 3. The first-order chi connectivity index (χ1) is 9.38. The Balaban J connectivity index is 2.33. The number of rotatable bonds is 3. The third kappa shape index (κ3) is 3.39. The van der Waals surface area contributed by atoms with Gasteiger partial charge in [0, 0.05) is 23.0 Å². The van der Waals surface area contributed by atoms with Crippen LogP contribution in [0.25, 0.3) is 11.3 Å². The molecule has 0 fully saturated rings. The minimum Gasteiger partial charge on any atom is -0.463 e. The van der Waals surface area contributed by atoms with Crippen molar-refractivity contribution in [3.8, 4) is 17.1 Å². The van der Waals surface area contributed by atoms with Crippen LogP contribution < -0.4 is 4.74 Å². The molecule has 0 aliphatic carbocycles. The third-order valence-corrected chi connectivity index (χ3v) is 2.78. The standard InChI is InChI=1S/C13H10ClF3N2O/c1-8(13(15,16)17)20-12-11(18-6-7-19-12)9-2-4-10(14)5-3-9/h2-8H,1H3/t8-/m0/s1. The maximum Gasteiger partial charge on any atom is 0.425 e. The van der Waals surface area contributed by atoms with E-state index in [1.807, 2.05) is 0 Å². The minimum atomic E-state index is -4.46. The highest BCUT2D eigenvalue weighted by Gasteiger charge is 2.38. The zero-order chi connectivity index (χ0) is 14.8. The molecule has 0 saturated heterocycles. The van der Waals surface area contributed by atoms with Crippen molar-refractivity contribution in [2.75, 3.05) is 0 Å². The van der Waals surface area contributed by atoms with E-state index in [-0.39, 0.29) is 11.6 Å². The molecule has 106 valence electrons. The molecule has 20 heavy (non-hydrogen) atoms. The quantitative estimate of drug-likeness (QED) is 0.855. The summed E-state index contributed by atoms with van der Waals surface area (Å²) in [4.78, 5) is 7.83. The second-order valence-corrected chi connectivity index (χ2v) is 4.46. The van der Waals surface area contributed by atoms with Gasteiger partial charge in [-0.25, -0.2) is 9.97 Å². The average Bonchev–Trinajstić information content (AvgIpc) is 2.39. The number of nitrogens with zero attached hydrogens (tertiary/aromatic N) is 2. The van der Waals surface area contributed by atoms with Gasteiger partial charge in [-0.3, -0.25) is 0 Å². The lowest BCUT2D eigenvalue weighted by Crippen LogP contribution is -2.31. The molecule has 7 heteroatoms. The van der Waals surface area contributed by atoms with Crippen molar-refractivity contribution < 1.29 is 17.9 Å². The second-order valence-electron chi connectivity index (χ2n) is 4.02. The van der Waals surface area contributed by atoms with Crippen molar-refractivity contribution in [2.45, 2.75) is 19.2 Å². The molecule has 0 saturated carbocycles. The highest BCUT2D eigenvalue weighted by atomic mass is 35.5. The van der Waals surface area contributed by atoms with E-state index in [1.54, 1.807) is 24.3 Å². The molecule has 0 aliphatic heterocycles. The highest BCUT2D eigenvalue weighted by Crippen LogP contribution is 2.30. The molecule has 3 nitrogen and oxygen atoms in total. The van der Waals surface area contributed by atoms with E-state index in [2.05, 4.69) is 9.97 Å². The molecule has 0 bridgehead atoms. The van der Waals surface area contributed by atoms with Crippen molar-refractivity contribution in [3.63, 3.8) is 0 Å². The van der Waals surface area contributed by atoms with Crippen molar-refractivity contribution in [1.29, 1.82) is 0 Å². The molecular formula is C13H10ClF3N2O. The van der Waals surface area contributed by atoms with Gasteiger partial charge in [0.15, 0.2) is 6.10 Å². The van der Waals surface area contributed by atoms with Gasteiger partial charge >= 0.3 is 6.18 Å². The van der Waals surface area contributed by atoms with Crippen LogP contribution in [0, 0.1) is 0 Å². The Morgan fingerprint density at radius 2 is 1.70 bits per heavy atom. The molecule has 2 aromatic rings. The summed E-state index contributed by atoms with van der Waals surface area (Å²) in [7, 11) is 0. The second kappa shape index (κ2) is 5.66. The summed E-state index contributed by atoms with van der Waals surface area (Å²) < 4.78 is 42.5. The molecule has 1 atom stereocenters. The Labute approximate surface area is 118 Å². The van der Waals surface area contributed by atoms with Gasteiger partial charge in [-0.2, -0.15) is 13.2 Å². The Morgan fingerprint density at radius 1 is 1.10 bits per heavy atom. The van der Waals surface area contributed by atoms with Crippen molar-refractivity contribution in [3.05, 3.63) is 41.7 Å². The van der Waals surface area contributed by atoms with E-state index < -0.39 is 12.3 Å². The molecule has 2 rings (SSSR count). The summed E-state index contributed by atoms with van der Waals surface area (Å²) in [6, 6.07) is 6.50. The lowest BCUT2D eigenvalue weighted by molar-refractivity contribution is -0.189. The van der Waals surface area contributed by atoms with Crippen LogP contribution in [-0.4, -0.2) is 22.2 Å². The van der Waals surface area contributed by atoms with Crippen LogP contribution in [0.4, 0.5) is 13.2 Å². The molecular weight excluding hydrogens is 293 g/mol. The van der Waals surface area contributed by atoms with Crippen LogP contribution in [0.15, 0.2) is 36.7 Å². The molecule has 1 aromatic heterocycles. The van der Waals surface area contributed by atoms with Crippen LogP contribution in [-0.2, 0) is 0 Å². The van der Waals surface area contributed by atoms with Gasteiger partial charge in [0.1, 0.15) is 5.69 Å². The number of ether oxygens (including phenoxy) is 1. The number of aromatic nitrogens is 2. The monoisotopic (exact) mass is 302 g/mol. The number of halogens is 4. The fourth-order valence-electron chi connectivity index (χ4n) is 1.45. The van der Waals surface area contributed by atoms with E-state index in [1.165, 1.54) is 12.4 Å². The molecule has 1 heterocycles. The summed E-state index contributed by atoms with van der Waals surface area (Å²) in [5.41, 5.74) is 0.812. The molecule has 1 aromatic carbocycles. The number of alkyl halides is 3. The SMILES string of the molecule is C[C@H](Oc1nccnc1-c1ccc(Cl)cc1)C(F)(F)F. The smallest absolute Gasteiger partial charge is 0.425 e. The minimum absolute atomic E-state index is 0.167. The lowest BCUT2D eigenvalue weighted by Gasteiger charge is -2.18. The molecule has 0 N–H and O–H groups in total. The Morgan fingerprint density at radius 3 is 2.30 bits per heavy atom. The van der Waals surface area contributed by atoms with Crippen LogP contribution in [0.2, 0.25) is 5.02 Å². The summed E-state index contributed by atoms with van der Waals surface area (Å²) in [6.45, 7) is 0.917. The first-order valence-electron chi connectivity index (χ1n) is 5.68. The van der Waals surface area contributed by atoms with Gasteiger partial charge in [-0.1, -0.05) is 23.7 Å². The van der Waals surface area contributed by atoms with E-state index in [0.29, 0.717) is 10.6 Å². The molecule has 0 spiro atoms. The third-order valence-electron chi connectivity index (χ3n) is 2.53. The topological polar surface area (TPSA) is 35.0 Å². The first-order valence-corrected chi connectivity index (χ1v) is 6.06. The largest absolute Gasteiger partial charge is 0.463 e. The van der Waals surface area contributed by atoms with Crippen molar-refractivity contribution >= 4 is 11.6 Å². The van der Waals surface area contributed by atoms with Crippen LogP contribution in [0.5, 0.6) is 5.88 Å². The zero-order valence-electron chi connectivity index (χ0n) is 10.4. The zero-order valence-corrected chi connectivity index (χ0v) is 11.1. The van der Waals surface area contributed by atoms with Crippen LogP contribution in [0.3, 0.4) is 0 Å². The Kier molecular flexibility index (Phi) is 4.13. The number of hydrogen-bond donors (Lipinski definition) is 0. The summed E-state index contributed by atoms with van der Waals surface area (Å²) in [5.74, 6) is -0.167. The van der Waals surface area contributed by atoms with Crippen molar-refractivity contribution in [2.24, 2.45) is 0 Å². The fraction of sp³-hybridized carbons (Fsp3) is 0.231.